The molecule has 1 aromatic heterocycles. The highest BCUT2D eigenvalue weighted by Crippen LogP contribution is 2.22. The van der Waals surface area contributed by atoms with E-state index in [1.807, 2.05) is 6.07 Å². The van der Waals surface area contributed by atoms with Gasteiger partial charge in [-0.1, -0.05) is 39.0 Å². The predicted octanol–water partition coefficient (Wildman–Crippen LogP) is 4.31. The molecule has 27 heavy (non-hydrogen) atoms. The van der Waals surface area contributed by atoms with E-state index in [9.17, 15) is 4.79 Å². The molecule has 1 aliphatic carbocycles. The Kier molecular flexibility index (Phi) is 8.35. The summed E-state index contributed by atoms with van der Waals surface area (Å²) >= 11 is 0. The summed E-state index contributed by atoms with van der Waals surface area (Å²) in [6, 6.07) is 4.11. The van der Waals surface area contributed by atoms with E-state index in [0.29, 0.717) is 11.7 Å². The first-order valence-corrected chi connectivity index (χ1v) is 10.3. The minimum atomic E-state index is -0.966. The van der Waals surface area contributed by atoms with Gasteiger partial charge in [-0.05, 0) is 25.8 Å². The van der Waals surface area contributed by atoms with Crippen LogP contribution in [0.25, 0.3) is 0 Å². The van der Waals surface area contributed by atoms with Crippen LogP contribution in [0.2, 0.25) is 0 Å². The summed E-state index contributed by atoms with van der Waals surface area (Å²) in [7, 11) is 1.54. The molecule has 2 heterocycles. The molecule has 1 saturated carbocycles. The van der Waals surface area contributed by atoms with Crippen molar-refractivity contribution in [3.63, 3.8) is 0 Å². The fourth-order valence-corrected chi connectivity index (χ4v) is 3.67. The first kappa shape index (κ1) is 21.5. The summed E-state index contributed by atoms with van der Waals surface area (Å²) in [6.07, 6.45) is 8.14. The van der Waals surface area contributed by atoms with Crippen LogP contribution in [0.4, 0.5) is 16.3 Å². The van der Waals surface area contributed by atoms with Crippen LogP contribution in [0.3, 0.4) is 0 Å². The molecule has 0 spiro atoms. The molecule has 6 heteroatoms. The molecule has 6 nitrogen and oxygen atoms in total. The van der Waals surface area contributed by atoms with E-state index in [4.69, 9.17) is 5.11 Å². The van der Waals surface area contributed by atoms with Gasteiger partial charge in [-0.3, -0.25) is 9.80 Å². The fraction of sp³-hybridized carbons (Fsp3) is 0.714. The summed E-state index contributed by atoms with van der Waals surface area (Å²) in [5.41, 5.74) is 0.647. The van der Waals surface area contributed by atoms with Crippen molar-refractivity contribution in [1.29, 1.82) is 0 Å². The van der Waals surface area contributed by atoms with Gasteiger partial charge in [-0.25, -0.2) is 9.78 Å². The van der Waals surface area contributed by atoms with E-state index >= 15 is 0 Å². The second-order valence-corrected chi connectivity index (χ2v) is 8.07. The van der Waals surface area contributed by atoms with E-state index in [-0.39, 0.29) is 0 Å². The molecule has 1 amide bonds. The van der Waals surface area contributed by atoms with Gasteiger partial charge in [0.15, 0.2) is 0 Å². The van der Waals surface area contributed by atoms with E-state index in [2.05, 4.69) is 35.6 Å². The molecule has 3 rings (SSSR count). The quantitative estimate of drug-likeness (QED) is 0.852. The van der Waals surface area contributed by atoms with Crippen molar-refractivity contribution in [1.82, 2.24) is 9.88 Å². The van der Waals surface area contributed by atoms with Crippen LogP contribution in [0.15, 0.2) is 18.3 Å². The number of carbonyl (C=O) groups is 1. The molecule has 1 saturated heterocycles. The highest BCUT2D eigenvalue weighted by atomic mass is 16.4. The third kappa shape index (κ3) is 6.69. The number of amides is 1. The van der Waals surface area contributed by atoms with Gasteiger partial charge in [-0.15, -0.1) is 0 Å². The topological polar surface area (TPSA) is 59.9 Å². The van der Waals surface area contributed by atoms with Crippen LogP contribution in [0.1, 0.15) is 52.9 Å². The Morgan fingerprint density at radius 3 is 2.30 bits per heavy atom. The molecule has 1 N–H and O–H groups in total. The lowest BCUT2D eigenvalue weighted by Crippen LogP contribution is -2.49. The lowest BCUT2D eigenvalue weighted by Gasteiger charge is -2.37. The molecule has 2 fully saturated rings. The standard InChI is InChI=1S/C14H22N4O2.C7H14/c1-11(2)17-6-8-18(9-7-17)13-10-12(4-5-15-13)16(3)14(19)20;1-7-5-3-2-4-6-7/h4-5,10-11H,6-9H2,1-3H3,(H,19,20);7H,2-6H2,1H3. The number of rotatable bonds is 3. The summed E-state index contributed by atoms with van der Waals surface area (Å²) in [5.74, 6) is 1.88. The Morgan fingerprint density at radius 1 is 1.19 bits per heavy atom. The van der Waals surface area contributed by atoms with E-state index in [1.54, 1.807) is 12.3 Å². The maximum Gasteiger partial charge on any atom is 0.411 e. The Hall–Kier alpha value is -1.82. The molecule has 1 aromatic rings. The molecular weight excluding hydrogens is 340 g/mol. The normalized spacial score (nSPS) is 18.8. The van der Waals surface area contributed by atoms with Crippen LogP contribution in [-0.4, -0.2) is 60.4 Å². The number of nitrogens with zero attached hydrogens (tertiary/aromatic N) is 4. The minimum Gasteiger partial charge on any atom is -0.465 e. The SMILES string of the molecule is CC(C)N1CCN(c2cc(N(C)C(=O)O)ccn2)CC1.CC1CCCCC1. The maximum absolute atomic E-state index is 11.0. The van der Waals surface area contributed by atoms with Crippen molar-refractivity contribution in [2.24, 2.45) is 5.92 Å². The van der Waals surface area contributed by atoms with E-state index in [1.165, 1.54) is 44.1 Å². The smallest absolute Gasteiger partial charge is 0.411 e. The molecule has 0 aromatic carbocycles. The zero-order valence-electron chi connectivity index (χ0n) is 17.4. The Balaban J connectivity index is 0.000000313. The number of aromatic nitrogens is 1. The lowest BCUT2D eigenvalue weighted by atomic mass is 9.91. The first-order chi connectivity index (χ1) is 12.9. The van der Waals surface area contributed by atoms with Crippen LogP contribution in [0, 0.1) is 5.92 Å². The molecule has 0 radical (unpaired) electrons. The van der Waals surface area contributed by atoms with Gasteiger partial charge in [0.2, 0.25) is 0 Å². The molecule has 2 aliphatic rings. The van der Waals surface area contributed by atoms with Crippen LogP contribution >= 0.6 is 0 Å². The minimum absolute atomic E-state index is 0.564. The zero-order chi connectivity index (χ0) is 19.8. The summed E-state index contributed by atoms with van der Waals surface area (Å²) < 4.78 is 0. The number of carboxylic acid groups (broad SMARTS) is 1. The second-order valence-electron chi connectivity index (χ2n) is 8.07. The third-order valence-corrected chi connectivity index (χ3v) is 5.67. The lowest BCUT2D eigenvalue weighted by molar-refractivity contribution is 0.203. The number of anilines is 2. The number of pyridine rings is 1. The van der Waals surface area contributed by atoms with Gasteiger partial charge in [0.1, 0.15) is 5.82 Å². The van der Waals surface area contributed by atoms with Gasteiger partial charge in [0.25, 0.3) is 0 Å². The highest BCUT2D eigenvalue weighted by Gasteiger charge is 2.20. The van der Waals surface area contributed by atoms with Crippen molar-refractivity contribution in [3.8, 4) is 0 Å². The van der Waals surface area contributed by atoms with Crippen molar-refractivity contribution in [2.75, 3.05) is 43.0 Å². The molecule has 0 unspecified atom stereocenters. The molecule has 1 aliphatic heterocycles. The molecular formula is C21H36N4O2. The van der Waals surface area contributed by atoms with Gasteiger partial charge >= 0.3 is 6.09 Å². The first-order valence-electron chi connectivity index (χ1n) is 10.3. The van der Waals surface area contributed by atoms with Gasteiger partial charge in [0.05, 0.1) is 5.69 Å². The molecule has 152 valence electrons. The van der Waals surface area contributed by atoms with Gasteiger partial charge < -0.3 is 10.0 Å². The van der Waals surface area contributed by atoms with Crippen LogP contribution < -0.4 is 9.80 Å². The second kappa shape index (κ2) is 10.5. The van der Waals surface area contributed by atoms with Crippen LogP contribution in [0.5, 0.6) is 0 Å². The van der Waals surface area contributed by atoms with E-state index in [0.717, 1.165) is 37.9 Å². The van der Waals surface area contributed by atoms with Gasteiger partial charge in [-0.2, -0.15) is 0 Å². The van der Waals surface area contributed by atoms with Crippen molar-refractivity contribution >= 4 is 17.6 Å². The number of hydrogen-bond donors (Lipinski definition) is 1. The summed E-state index contributed by atoms with van der Waals surface area (Å²) in [5, 5.41) is 9.02. The van der Waals surface area contributed by atoms with Crippen molar-refractivity contribution in [3.05, 3.63) is 18.3 Å². The van der Waals surface area contributed by atoms with Crippen LogP contribution in [-0.2, 0) is 0 Å². The zero-order valence-corrected chi connectivity index (χ0v) is 17.4. The van der Waals surface area contributed by atoms with E-state index < -0.39 is 6.09 Å². The molecule has 0 atom stereocenters. The molecule has 0 bridgehead atoms. The summed E-state index contributed by atoms with van der Waals surface area (Å²) in [4.78, 5) is 21.2. The largest absolute Gasteiger partial charge is 0.465 e. The number of piperazine rings is 1. The van der Waals surface area contributed by atoms with Crippen molar-refractivity contribution in [2.45, 2.75) is 58.9 Å². The van der Waals surface area contributed by atoms with Crippen molar-refractivity contribution < 1.29 is 9.90 Å². The Morgan fingerprint density at radius 2 is 1.81 bits per heavy atom. The monoisotopic (exact) mass is 376 g/mol. The van der Waals surface area contributed by atoms with Gasteiger partial charge in [0, 0.05) is 51.5 Å². The Labute approximate surface area is 164 Å². The predicted molar refractivity (Wildman–Crippen MR) is 112 cm³/mol. The fourth-order valence-electron chi connectivity index (χ4n) is 3.67. The average molecular weight is 377 g/mol. The average Bonchev–Trinajstić information content (AvgIpc) is 2.68. The maximum atomic E-state index is 11.0. The Bertz CT molecular complexity index is 579. The third-order valence-electron chi connectivity index (χ3n) is 5.67. The summed E-state index contributed by atoms with van der Waals surface area (Å²) in [6.45, 7) is 10.6. The number of hydrogen-bond acceptors (Lipinski definition) is 4. The highest BCUT2D eigenvalue weighted by molar-refractivity contribution is 5.85.